The van der Waals surface area contributed by atoms with E-state index in [-0.39, 0.29) is 11.8 Å². The molecule has 2 aliphatic rings. The smallest absolute Gasteiger partial charge is 0.307 e. The Balaban J connectivity index is 2.38. The van der Waals surface area contributed by atoms with Crippen molar-refractivity contribution >= 4 is 5.97 Å². The summed E-state index contributed by atoms with van der Waals surface area (Å²) in [4.78, 5) is 11.1. The maximum absolute atomic E-state index is 11.1. The molecule has 0 spiro atoms. The number of fused-ring (bicyclic) bond motifs is 1. The highest BCUT2D eigenvalue weighted by Gasteiger charge is 2.58. The molecule has 0 bridgehead atoms. The molecule has 0 amide bonds. The first-order valence-corrected chi connectivity index (χ1v) is 5.42. The van der Waals surface area contributed by atoms with Gasteiger partial charge in [0, 0.05) is 5.92 Å². The lowest BCUT2D eigenvalue weighted by atomic mass is 9.73. The first-order chi connectivity index (χ1) is 7.15. The molecule has 0 aromatic rings. The molecule has 3 heteroatoms. The third-order valence-corrected chi connectivity index (χ3v) is 4.22. The standard InChI is InChI=1S/C12H15NO2/c1-2-10-9(11(14)15)6-8-4-3-5-12(8,10)7-13/h2,8-10H,1,3-6H2,(H,14,15)/t8-,9-,10-,12+/m0/s1. The Hall–Kier alpha value is -1.30. The summed E-state index contributed by atoms with van der Waals surface area (Å²) in [6, 6.07) is 2.39. The third-order valence-electron chi connectivity index (χ3n) is 4.22. The van der Waals surface area contributed by atoms with Crippen molar-refractivity contribution in [3.05, 3.63) is 12.7 Å². The van der Waals surface area contributed by atoms with Crippen LogP contribution in [-0.4, -0.2) is 11.1 Å². The van der Waals surface area contributed by atoms with E-state index in [1.54, 1.807) is 6.08 Å². The Morgan fingerprint density at radius 2 is 2.40 bits per heavy atom. The van der Waals surface area contributed by atoms with Gasteiger partial charge in [-0.05, 0) is 25.2 Å². The zero-order valence-corrected chi connectivity index (χ0v) is 8.65. The minimum atomic E-state index is -0.774. The van der Waals surface area contributed by atoms with Gasteiger partial charge in [-0.3, -0.25) is 4.79 Å². The van der Waals surface area contributed by atoms with Crippen LogP contribution >= 0.6 is 0 Å². The van der Waals surface area contributed by atoms with Gasteiger partial charge in [-0.15, -0.1) is 6.58 Å². The largest absolute Gasteiger partial charge is 0.481 e. The number of aliphatic carboxylic acids is 1. The summed E-state index contributed by atoms with van der Waals surface area (Å²) in [5, 5.41) is 18.5. The number of allylic oxidation sites excluding steroid dienone is 1. The van der Waals surface area contributed by atoms with E-state index in [4.69, 9.17) is 5.11 Å². The van der Waals surface area contributed by atoms with E-state index < -0.39 is 17.3 Å². The quantitative estimate of drug-likeness (QED) is 0.703. The zero-order chi connectivity index (χ0) is 11.1. The van der Waals surface area contributed by atoms with Crippen molar-refractivity contribution < 1.29 is 9.90 Å². The molecule has 2 rings (SSSR count). The molecular weight excluding hydrogens is 190 g/mol. The summed E-state index contributed by atoms with van der Waals surface area (Å²) in [5.74, 6) is -1.06. The Kier molecular flexibility index (Phi) is 2.30. The molecule has 2 saturated carbocycles. The molecule has 0 saturated heterocycles. The van der Waals surface area contributed by atoms with Gasteiger partial charge in [0.1, 0.15) is 0 Å². The van der Waals surface area contributed by atoms with Crippen LogP contribution in [-0.2, 0) is 4.79 Å². The second-order valence-corrected chi connectivity index (χ2v) is 4.68. The van der Waals surface area contributed by atoms with Crippen LogP contribution in [0.15, 0.2) is 12.7 Å². The normalized spacial score (nSPS) is 43.3. The molecule has 0 unspecified atom stereocenters. The maximum atomic E-state index is 11.1. The fraction of sp³-hybridized carbons (Fsp3) is 0.667. The van der Waals surface area contributed by atoms with E-state index in [2.05, 4.69) is 12.6 Å². The van der Waals surface area contributed by atoms with Gasteiger partial charge in [-0.2, -0.15) is 5.26 Å². The monoisotopic (exact) mass is 205 g/mol. The highest BCUT2D eigenvalue weighted by molar-refractivity contribution is 5.71. The lowest BCUT2D eigenvalue weighted by Crippen LogP contribution is -2.29. The molecule has 2 fully saturated rings. The van der Waals surface area contributed by atoms with Gasteiger partial charge in [-0.25, -0.2) is 0 Å². The predicted molar refractivity (Wildman–Crippen MR) is 54.8 cm³/mol. The van der Waals surface area contributed by atoms with Crippen LogP contribution in [0.1, 0.15) is 25.7 Å². The average Bonchev–Trinajstić information content (AvgIpc) is 2.71. The minimum Gasteiger partial charge on any atom is -0.481 e. The van der Waals surface area contributed by atoms with E-state index in [1.807, 2.05) is 0 Å². The molecule has 0 radical (unpaired) electrons. The number of carboxylic acid groups (broad SMARTS) is 1. The SMILES string of the molecule is C=C[C@H]1[C@@H](C(=O)O)C[C@@H]2CCC[C@@]21C#N. The Labute approximate surface area is 89.4 Å². The van der Waals surface area contributed by atoms with Gasteiger partial charge in [0.05, 0.1) is 17.4 Å². The number of hydrogen-bond acceptors (Lipinski definition) is 2. The summed E-state index contributed by atoms with van der Waals surface area (Å²) < 4.78 is 0. The first-order valence-electron chi connectivity index (χ1n) is 5.42. The Bertz CT molecular complexity index is 344. The number of nitrogens with zero attached hydrogens (tertiary/aromatic N) is 1. The molecular formula is C12H15NO2. The van der Waals surface area contributed by atoms with Gasteiger partial charge >= 0.3 is 5.97 Å². The van der Waals surface area contributed by atoms with E-state index in [9.17, 15) is 10.1 Å². The van der Waals surface area contributed by atoms with Crippen molar-refractivity contribution in [3.8, 4) is 6.07 Å². The van der Waals surface area contributed by atoms with E-state index >= 15 is 0 Å². The predicted octanol–water partition coefficient (Wildman–Crippen LogP) is 2.20. The van der Waals surface area contributed by atoms with Gasteiger partial charge in [-0.1, -0.05) is 12.5 Å². The van der Waals surface area contributed by atoms with Crippen LogP contribution in [0.25, 0.3) is 0 Å². The molecule has 0 aliphatic heterocycles. The average molecular weight is 205 g/mol. The van der Waals surface area contributed by atoms with Crippen LogP contribution < -0.4 is 0 Å². The third kappa shape index (κ3) is 1.21. The van der Waals surface area contributed by atoms with Gasteiger partial charge < -0.3 is 5.11 Å². The highest BCUT2D eigenvalue weighted by Crippen LogP contribution is 2.59. The molecule has 0 aromatic carbocycles. The minimum absolute atomic E-state index is 0.160. The summed E-state index contributed by atoms with van der Waals surface area (Å²) in [5.41, 5.74) is -0.426. The number of carbonyl (C=O) groups is 1. The number of rotatable bonds is 2. The van der Waals surface area contributed by atoms with Crippen LogP contribution in [0.2, 0.25) is 0 Å². The van der Waals surface area contributed by atoms with Crippen molar-refractivity contribution in [2.45, 2.75) is 25.7 Å². The lowest BCUT2D eigenvalue weighted by Gasteiger charge is -2.27. The van der Waals surface area contributed by atoms with Crippen LogP contribution in [0.4, 0.5) is 0 Å². The van der Waals surface area contributed by atoms with Crippen molar-refractivity contribution in [3.63, 3.8) is 0 Å². The molecule has 2 aliphatic carbocycles. The Morgan fingerprint density at radius 1 is 1.67 bits per heavy atom. The van der Waals surface area contributed by atoms with Crippen molar-refractivity contribution in [1.82, 2.24) is 0 Å². The molecule has 4 atom stereocenters. The second kappa shape index (κ2) is 3.37. The molecule has 3 nitrogen and oxygen atoms in total. The maximum Gasteiger partial charge on any atom is 0.307 e. The Morgan fingerprint density at radius 3 is 2.93 bits per heavy atom. The summed E-state index contributed by atoms with van der Waals surface area (Å²) >= 11 is 0. The first kappa shape index (κ1) is 10.2. The summed E-state index contributed by atoms with van der Waals surface area (Å²) in [6.07, 6.45) is 5.23. The van der Waals surface area contributed by atoms with Crippen LogP contribution in [0.3, 0.4) is 0 Å². The van der Waals surface area contributed by atoms with Gasteiger partial charge in [0.15, 0.2) is 0 Å². The fourth-order valence-corrected chi connectivity index (χ4v) is 3.53. The van der Waals surface area contributed by atoms with Crippen molar-refractivity contribution in [2.24, 2.45) is 23.2 Å². The molecule has 0 heterocycles. The number of hydrogen-bond donors (Lipinski definition) is 1. The second-order valence-electron chi connectivity index (χ2n) is 4.68. The fourth-order valence-electron chi connectivity index (χ4n) is 3.53. The van der Waals surface area contributed by atoms with Crippen LogP contribution in [0, 0.1) is 34.5 Å². The van der Waals surface area contributed by atoms with Gasteiger partial charge in [0.2, 0.25) is 0 Å². The highest BCUT2D eigenvalue weighted by atomic mass is 16.4. The molecule has 0 aromatic heterocycles. The number of carboxylic acids is 1. The van der Waals surface area contributed by atoms with Crippen molar-refractivity contribution in [1.29, 1.82) is 5.26 Å². The number of nitriles is 1. The summed E-state index contributed by atoms with van der Waals surface area (Å²) in [6.45, 7) is 3.71. The van der Waals surface area contributed by atoms with Crippen molar-refractivity contribution in [2.75, 3.05) is 0 Å². The molecule has 15 heavy (non-hydrogen) atoms. The van der Waals surface area contributed by atoms with Gasteiger partial charge in [0.25, 0.3) is 0 Å². The summed E-state index contributed by atoms with van der Waals surface area (Å²) in [7, 11) is 0. The van der Waals surface area contributed by atoms with E-state index in [0.717, 1.165) is 19.3 Å². The van der Waals surface area contributed by atoms with Crippen LogP contribution in [0.5, 0.6) is 0 Å². The molecule has 1 N–H and O–H groups in total. The van der Waals surface area contributed by atoms with E-state index in [1.165, 1.54) is 0 Å². The lowest BCUT2D eigenvalue weighted by molar-refractivity contribution is -0.142. The molecule has 80 valence electrons. The topological polar surface area (TPSA) is 61.1 Å². The zero-order valence-electron chi connectivity index (χ0n) is 8.65. The van der Waals surface area contributed by atoms with E-state index in [0.29, 0.717) is 6.42 Å².